The topological polar surface area (TPSA) is 58.5 Å². The van der Waals surface area contributed by atoms with Crippen molar-refractivity contribution in [2.75, 3.05) is 25.2 Å². The van der Waals surface area contributed by atoms with E-state index in [1.165, 1.54) is 18.6 Å². The minimum absolute atomic E-state index is 0. The number of halogens is 1. The second kappa shape index (κ2) is 11.8. The van der Waals surface area contributed by atoms with Crippen LogP contribution < -0.4 is 15.4 Å². The summed E-state index contributed by atoms with van der Waals surface area (Å²) in [7, 11) is 1.81. The summed E-state index contributed by atoms with van der Waals surface area (Å²) < 4.78 is 5.49. The Morgan fingerprint density at radius 1 is 1.48 bits per heavy atom. The number of nitrogens with one attached hydrogen (secondary N) is 2. The van der Waals surface area contributed by atoms with Crippen LogP contribution in [0.1, 0.15) is 31.7 Å². The zero-order valence-corrected chi connectivity index (χ0v) is 17.0. The number of hydrogen-bond donors (Lipinski definition) is 2. The van der Waals surface area contributed by atoms with Gasteiger partial charge in [0.1, 0.15) is 0 Å². The van der Waals surface area contributed by atoms with Gasteiger partial charge in [0.2, 0.25) is 5.88 Å². The molecule has 0 spiro atoms. The van der Waals surface area contributed by atoms with Crippen molar-refractivity contribution in [1.29, 1.82) is 0 Å². The normalized spacial score (nSPS) is 18.0. The lowest BCUT2D eigenvalue weighted by atomic mass is 10.2. The number of hydrogen-bond acceptors (Lipinski definition) is 4. The number of rotatable bonds is 6. The molecule has 1 unspecified atom stereocenters. The van der Waals surface area contributed by atoms with Crippen molar-refractivity contribution >= 4 is 41.7 Å². The van der Waals surface area contributed by atoms with Gasteiger partial charge in [-0.25, -0.2) is 4.98 Å². The Bertz CT molecular complexity index is 464. The molecule has 2 N–H and O–H groups in total. The van der Waals surface area contributed by atoms with Crippen molar-refractivity contribution < 1.29 is 4.74 Å². The Morgan fingerprint density at radius 3 is 2.96 bits per heavy atom. The zero-order valence-electron chi connectivity index (χ0n) is 13.9. The molecule has 130 valence electrons. The molecule has 1 aliphatic rings. The molecule has 1 aromatic heterocycles. The van der Waals surface area contributed by atoms with E-state index < -0.39 is 0 Å². The summed E-state index contributed by atoms with van der Waals surface area (Å²) in [5.74, 6) is 3.99. The van der Waals surface area contributed by atoms with Crippen LogP contribution in [-0.2, 0) is 6.54 Å². The van der Waals surface area contributed by atoms with Crippen molar-refractivity contribution in [3.05, 3.63) is 23.9 Å². The predicted octanol–water partition coefficient (Wildman–Crippen LogP) is 3.05. The van der Waals surface area contributed by atoms with Crippen molar-refractivity contribution in [1.82, 2.24) is 15.6 Å². The maximum Gasteiger partial charge on any atom is 0.213 e. The van der Waals surface area contributed by atoms with E-state index in [9.17, 15) is 0 Å². The molecule has 7 heteroatoms. The Labute approximate surface area is 160 Å². The first-order chi connectivity index (χ1) is 10.8. The fourth-order valence-electron chi connectivity index (χ4n) is 2.24. The van der Waals surface area contributed by atoms with Gasteiger partial charge in [0.05, 0.1) is 6.61 Å². The minimum Gasteiger partial charge on any atom is -0.478 e. The third-order valence-electron chi connectivity index (χ3n) is 3.44. The van der Waals surface area contributed by atoms with Crippen LogP contribution in [0.3, 0.4) is 0 Å². The maximum atomic E-state index is 5.49. The molecular weight excluding hydrogens is 423 g/mol. The molecular formula is C16H27IN4OS. The van der Waals surface area contributed by atoms with Gasteiger partial charge in [-0.3, -0.25) is 4.99 Å². The summed E-state index contributed by atoms with van der Waals surface area (Å²) >= 11 is 2.01. The average Bonchev–Trinajstić information content (AvgIpc) is 2.58. The van der Waals surface area contributed by atoms with Crippen molar-refractivity contribution in [3.63, 3.8) is 0 Å². The quantitative estimate of drug-likeness (QED) is 0.397. The summed E-state index contributed by atoms with van der Waals surface area (Å²) in [6.07, 6.45) is 5.34. The molecule has 0 bridgehead atoms. The molecule has 0 aromatic carbocycles. The van der Waals surface area contributed by atoms with E-state index in [0.29, 0.717) is 25.1 Å². The van der Waals surface area contributed by atoms with Crippen LogP contribution in [0, 0.1) is 0 Å². The highest BCUT2D eigenvalue weighted by Crippen LogP contribution is 2.16. The van der Waals surface area contributed by atoms with E-state index in [1.54, 1.807) is 0 Å². The molecule has 1 atom stereocenters. The second-order valence-corrected chi connectivity index (χ2v) is 6.49. The zero-order chi connectivity index (χ0) is 15.6. The molecule has 2 heterocycles. The molecule has 0 radical (unpaired) electrons. The smallest absolute Gasteiger partial charge is 0.213 e. The Hall–Kier alpha value is -0.700. The standard InChI is InChI=1S/C16H26N4OS.HI/c1-3-8-21-15-7-6-13(10-18-15)11-19-16(17-2)20-14-5-4-9-22-12-14;/h6-7,10,14H,3-5,8-9,11-12H2,1-2H3,(H2,17,19,20);1H. The lowest BCUT2D eigenvalue weighted by Gasteiger charge is -2.24. The summed E-state index contributed by atoms with van der Waals surface area (Å²) in [6.45, 7) is 3.50. The van der Waals surface area contributed by atoms with E-state index >= 15 is 0 Å². The number of ether oxygens (including phenoxy) is 1. The van der Waals surface area contributed by atoms with Crippen LogP contribution in [-0.4, -0.2) is 42.1 Å². The van der Waals surface area contributed by atoms with Gasteiger partial charge in [0.15, 0.2) is 5.96 Å². The highest BCUT2D eigenvalue weighted by molar-refractivity contribution is 14.0. The highest BCUT2D eigenvalue weighted by atomic mass is 127. The van der Waals surface area contributed by atoms with Gasteiger partial charge in [-0.2, -0.15) is 11.8 Å². The summed E-state index contributed by atoms with van der Waals surface area (Å²) in [6, 6.07) is 4.47. The van der Waals surface area contributed by atoms with Crippen molar-refractivity contribution in [3.8, 4) is 5.88 Å². The van der Waals surface area contributed by atoms with Gasteiger partial charge >= 0.3 is 0 Å². The van der Waals surface area contributed by atoms with Crippen molar-refractivity contribution in [2.24, 2.45) is 4.99 Å². The molecule has 1 aliphatic heterocycles. The number of aliphatic imine (C=N–C) groups is 1. The van der Waals surface area contributed by atoms with Gasteiger partial charge < -0.3 is 15.4 Å². The van der Waals surface area contributed by atoms with Crippen molar-refractivity contribution in [2.45, 2.75) is 38.8 Å². The Balaban J connectivity index is 0.00000264. The van der Waals surface area contributed by atoms with E-state index in [2.05, 4.69) is 27.5 Å². The van der Waals surface area contributed by atoms with Gasteiger partial charge in [-0.05, 0) is 30.6 Å². The fourth-order valence-corrected chi connectivity index (χ4v) is 3.31. The van der Waals surface area contributed by atoms with Crippen LogP contribution in [0.4, 0.5) is 0 Å². The number of guanidine groups is 1. The first-order valence-corrected chi connectivity index (χ1v) is 9.10. The summed E-state index contributed by atoms with van der Waals surface area (Å²) in [5, 5.41) is 6.83. The van der Waals surface area contributed by atoms with E-state index in [-0.39, 0.29) is 24.0 Å². The van der Waals surface area contributed by atoms with Gasteiger partial charge in [0.25, 0.3) is 0 Å². The molecule has 0 aliphatic carbocycles. The maximum absolute atomic E-state index is 5.49. The number of nitrogens with zero attached hydrogens (tertiary/aromatic N) is 2. The van der Waals surface area contributed by atoms with E-state index in [4.69, 9.17) is 4.74 Å². The molecule has 1 fully saturated rings. The van der Waals surface area contributed by atoms with Crippen LogP contribution >= 0.6 is 35.7 Å². The van der Waals surface area contributed by atoms with Gasteiger partial charge in [-0.1, -0.05) is 13.0 Å². The molecule has 23 heavy (non-hydrogen) atoms. The van der Waals surface area contributed by atoms with Crippen LogP contribution in [0.25, 0.3) is 0 Å². The molecule has 1 saturated heterocycles. The number of thioether (sulfide) groups is 1. The van der Waals surface area contributed by atoms with Crippen LogP contribution in [0.2, 0.25) is 0 Å². The van der Waals surface area contributed by atoms with E-state index in [1.807, 2.05) is 37.1 Å². The number of pyridine rings is 1. The van der Waals surface area contributed by atoms with Gasteiger partial charge in [-0.15, -0.1) is 24.0 Å². The third kappa shape index (κ3) is 7.60. The largest absolute Gasteiger partial charge is 0.478 e. The van der Waals surface area contributed by atoms with Crippen LogP contribution in [0.15, 0.2) is 23.3 Å². The molecule has 2 rings (SSSR count). The lowest BCUT2D eigenvalue weighted by molar-refractivity contribution is 0.305. The Morgan fingerprint density at radius 2 is 2.35 bits per heavy atom. The molecule has 0 saturated carbocycles. The minimum atomic E-state index is 0. The third-order valence-corrected chi connectivity index (χ3v) is 4.65. The monoisotopic (exact) mass is 450 g/mol. The summed E-state index contributed by atoms with van der Waals surface area (Å²) in [4.78, 5) is 8.61. The van der Waals surface area contributed by atoms with E-state index in [0.717, 1.165) is 23.7 Å². The molecule has 1 aromatic rings. The first-order valence-electron chi connectivity index (χ1n) is 7.94. The highest BCUT2D eigenvalue weighted by Gasteiger charge is 2.14. The molecule has 0 amide bonds. The SMILES string of the molecule is CCCOc1ccc(CNC(=NC)NC2CCCSC2)cn1.I. The first kappa shape index (κ1) is 20.3. The number of aromatic nitrogens is 1. The predicted molar refractivity (Wildman–Crippen MR) is 109 cm³/mol. The van der Waals surface area contributed by atoms with Gasteiger partial charge in [0, 0.05) is 37.7 Å². The lowest BCUT2D eigenvalue weighted by Crippen LogP contribution is -2.45. The fraction of sp³-hybridized carbons (Fsp3) is 0.625. The molecule has 5 nitrogen and oxygen atoms in total. The average molecular weight is 450 g/mol. The Kier molecular flexibility index (Phi) is 10.4. The summed E-state index contributed by atoms with van der Waals surface area (Å²) in [5.41, 5.74) is 1.12. The van der Waals surface area contributed by atoms with Crippen LogP contribution in [0.5, 0.6) is 5.88 Å². The second-order valence-electron chi connectivity index (χ2n) is 5.34.